The fourth-order valence-electron chi connectivity index (χ4n) is 0.861. The van der Waals surface area contributed by atoms with Crippen molar-refractivity contribution in [2.75, 3.05) is 13.2 Å². The van der Waals surface area contributed by atoms with E-state index in [2.05, 4.69) is 8.37 Å². The third-order valence-corrected chi connectivity index (χ3v) is 2.51. The van der Waals surface area contributed by atoms with Gasteiger partial charge in [-0.05, 0) is 0 Å². The van der Waals surface area contributed by atoms with Gasteiger partial charge in [0.1, 0.15) is 0 Å². The summed E-state index contributed by atoms with van der Waals surface area (Å²) in [6.45, 7) is -3.51. The minimum absolute atomic E-state index is 1.76. The summed E-state index contributed by atoms with van der Waals surface area (Å²) in [6.07, 6.45) is -11.1. The smallest absolute Gasteiger partial charge is 0.267 e. The lowest BCUT2D eigenvalue weighted by Crippen LogP contribution is -2.58. The maximum atomic E-state index is 12.2. The number of hydrogen-bond acceptors (Lipinski definition) is 3. The molecule has 1 saturated heterocycles. The monoisotopic (exact) mass is 258 g/mol. The summed E-state index contributed by atoms with van der Waals surface area (Å²) in [4.78, 5) is 0. The van der Waals surface area contributed by atoms with Crippen LogP contribution in [0.15, 0.2) is 0 Å². The molecule has 0 aromatic carbocycles. The van der Waals surface area contributed by atoms with Crippen LogP contribution >= 0.6 is 0 Å². The number of rotatable bonds is 0. The van der Waals surface area contributed by atoms with Gasteiger partial charge in [-0.2, -0.15) is 30.6 Å². The zero-order chi connectivity index (χ0) is 11.9. The molecule has 0 aliphatic carbocycles. The molecular weight excluding hydrogens is 254 g/mol. The summed E-state index contributed by atoms with van der Waals surface area (Å²) in [5.74, 6) is 0. The van der Waals surface area contributed by atoms with E-state index >= 15 is 0 Å². The molecule has 10 heteroatoms. The third-order valence-electron chi connectivity index (χ3n) is 1.89. The van der Waals surface area contributed by atoms with Crippen LogP contribution in [0.1, 0.15) is 0 Å². The number of halogens is 6. The standard InChI is InChI=1S/C5H4F6O3S/c6-4(7,8)3(5(9,10)11)1-13-15(12)14-2-3/h1-2H2. The molecule has 0 saturated carbocycles. The van der Waals surface area contributed by atoms with Crippen molar-refractivity contribution in [3.63, 3.8) is 0 Å². The Balaban J connectivity index is 3.04. The van der Waals surface area contributed by atoms with Crippen LogP contribution in [0.3, 0.4) is 0 Å². The van der Waals surface area contributed by atoms with E-state index in [1.165, 1.54) is 0 Å². The second-order valence-electron chi connectivity index (χ2n) is 2.81. The van der Waals surface area contributed by atoms with E-state index in [1.807, 2.05) is 0 Å². The second kappa shape index (κ2) is 3.59. The highest BCUT2D eigenvalue weighted by atomic mass is 32.2. The predicted octanol–water partition coefficient (Wildman–Crippen LogP) is 1.72. The molecule has 0 amide bonds. The minimum Gasteiger partial charge on any atom is -0.267 e. The molecule has 0 unspecified atom stereocenters. The first-order valence-corrected chi connectivity index (χ1v) is 4.42. The van der Waals surface area contributed by atoms with Crippen molar-refractivity contribution >= 4 is 11.4 Å². The fourth-order valence-corrected chi connectivity index (χ4v) is 1.52. The molecule has 0 radical (unpaired) electrons. The SMILES string of the molecule is O=S1OCC(C(F)(F)F)(C(F)(F)F)CO1. The Bertz CT molecular complexity index is 245. The van der Waals surface area contributed by atoms with Crippen LogP contribution in [0.25, 0.3) is 0 Å². The van der Waals surface area contributed by atoms with Gasteiger partial charge in [-0.3, -0.25) is 8.37 Å². The molecule has 1 aliphatic rings. The van der Waals surface area contributed by atoms with Crippen LogP contribution in [0.5, 0.6) is 0 Å². The molecule has 15 heavy (non-hydrogen) atoms. The summed E-state index contributed by atoms with van der Waals surface area (Å²) >= 11 is -2.56. The van der Waals surface area contributed by atoms with Gasteiger partial charge in [0.25, 0.3) is 0 Å². The first kappa shape index (κ1) is 12.7. The molecule has 0 atom stereocenters. The van der Waals surface area contributed by atoms with Crippen molar-refractivity contribution in [1.82, 2.24) is 0 Å². The van der Waals surface area contributed by atoms with E-state index in [-0.39, 0.29) is 0 Å². The molecule has 0 bridgehead atoms. The maximum Gasteiger partial charge on any atom is 0.407 e. The van der Waals surface area contributed by atoms with E-state index in [0.29, 0.717) is 0 Å². The zero-order valence-corrected chi connectivity index (χ0v) is 7.63. The van der Waals surface area contributed by atoms with Crippen molar-refractivity contribution in [2.45, 2.75) is 12.4 Å². The average Bonchev–Trinajstić information content (AvgIpc) is 2.00. The van der Waals surface area contributed by atoms with Gasteiger partial charge in [-0.25, -0.2) is 0 Å². The normalized spacial score (nSPS) is 24.1. The highest BCUT2D eigenvalue weighted by Crippen LogP contribution is 2.52. The number of alkyl halides is 6. The van der Waals surface area contributed by atoms with Crippen molar-refractivity contribution < 1.29 is 38.9 Å². The summed E-state index contributed by atoms with van der Waals surface area (Å²) < 4.78 is 91.3. The van der Waals surface area contributed by atoms with Gasteiger partial charge in [0.2, 0.25) is 5.41 Å². The minimum atomic E-state index is -5.57. The Morgan fingerprint density at radius 2 is 1.27 bits per heavy atom. The van der Waals surface area contributed by atoms with Gasteiger partial charge in [0, 0.05) is 0 Å². The maximum absolute atomic E-state index is 12.2. The van der Waals surface area contributed by atoms with Gasteiger partial charge in [-0.15, -0.1) is 0 Å². The quantitative estimate of drug-likeness (QED) is 0.621. The molecular formula is C5H4F6O3S. The van der Waals surface area contributed by atoms with Gasteiger partial charge >= 0.3 is 23.7 Å². The summed E-state index contributed by atoms with van der Waals surface area (Å²) in [5.41, 5.74) is -4.10. The first-order valence-electron chi connectivity index (χ1n) is 3.42. The zero-order valence-electron chi connectivity index (χ0n) is 6.81. The van der Waals surface area contributed by atoms with Crippen molar-refractivity contribution in [3.8, 4) is 0 Å². The highest BCUT2D eigenvalue weighted by Gasteiger charge is 2.72. The Morgan fingerprint density at radius 1 is 0.933 bits per heavy atom. The van der Waals surface area contributed by atoms with Crippen LogP contribution in [0.4, 0.5) is 26.3 Å². The van der Waals surface area contributed by atoms with E-state index in [4.69, 9.17) is 0 Å². The molecule has 0 spiro atoms. The van der Waals surface area contributed by atoms with E-state index in [9.17, 15) is 30.6 Å². The molecule has 0 N–H and O–H groups in total. The molecule has 1 heterocycles. The predicted molar refractivity (Wildman–Crippen MR) is 34.6 cm³/mol. The van der Waals surface area contributed by atoms with Crippen LogP contribution in [-0.2, 0) is 19.7 Å². The van der Waals surface area contributed by atoms with Crippen molar-refractivity contribution in [2.24, 2.45) is 5.41 Å². The lowest BCUT2D eigenvalue weighted by atomic mass is 9.88. The molecule has 0 aromatic heterocycles. The van der Waals surface area contributed by atoms with Gasteiger partial charge in [0.05, 0.1) is 13.2 Å². The summed E-state index contributed by atoms with van der Waals surface area (Å²) in [7, 11) is 0. The lowest BCUT2D eigenvalue weighted by Gasteiger charge is -2.37. The molecule has 90 valence electrons. The molecule has 1 fully saturated rings. The van der Waals surface area contributed by atoms with Crippen LogP contribution in [0, 0.1) is 5.41 Å². The Hall–Kier alpha value is -0.350. The van der Waals surface area contributed by atoms with Crippen LogP contribution < -0.4 is 0 Å². The van der Waals surface area contributed by atoms with E-state index < -0.39 is 42.3 Å². The molecule has 1 aliphatic heterocycles. The van der Waals surface area contributed by atoms with Crippen LogP contribution in [0.2, 0.25) is 0 Å². The molecule has 1 rings (SSSR count). The van der Waals surface area contributed by atoms with E-state index in [0.717, 1.165) is 0 Å². The Kier molecular flexibility index (Phi) is 3.05. The highest BCUT2D eigenvalue weighted by molar-refractivity contribution is 7.75. The van der Waals surface area contributed by atoms with E-state index in [1.54, 1.807) is 0 Å². The topological polar surface area (TPSA) is 35.5 Å². The van der Waals surface area contributed by atoms with Gasteiger partial charge in [0.15, 0.2) is 0 Å². The number of hydrogen-bond donors (Lipinski definition) is 0. The van der Waals surface area contributed by atoms with Gasteiger partial charge in [-0.1, -0.05) is 0 Å². The molecule has 3 nitrogen and oxygen atoms in total. The van der Waals surface area contributed by atoms with Crippen molar-refractivity contribution in [1.29, 1.82) is 0 Å². The Labute approximate surface area is 82.2 Å². The molecule has 0 aromatic rings. The first-order chi connectivity index (χ1) is 6.60. The lowest BCUT2D eigenvalue weighted by molar-refractivity contribution is -0.358. The van der Waals surface area contributed by atoms with Gasteiger partial charge < -0.3 is 0 Å². The fraction of sp³-hybridized carbons (Fsp3) is 1.00. The largest absolute Gasteiger partial charge is 0.407 e. The summed E-state index contributed by atoms with van der Waals surface area (Å²) in [5, 5.41) is 0. The Morgan fingerprint density at radius 3 is 1.53 bits per heavy atom. The van der Waals surface area contributed by atoms with Crippen LogP contribution in [-0.4, -0.2) is 29.8 Å². The third kappa shape index (κ3) is 2.11. The average molecular weight is 258 g/mol. The van der Waals surface area contributed by atoms with Crippen molar-refractivity contribution in [3.05, 3.63) is 0 Å². The summed E-state index contributed by atoms with van der Waals surface area (Å²) in [6, 6.07) is 0. The second-order valence-corrected chi connectivity index (χ2v) is 3.69.